The predicted octanol–water partition coefficient (Wildman–Crippen LogP) is 2.45. The summed E-state index contributed by atoms with van der Waals surface area (Å²) in [4.78, 5) is 0. The third kappa shape index (κ3) is 2.39. The molecule has 0 saturated carbocycles. The van der Waals surface area contributed by atoms with Crippen molar-refractivity contribution in [3.05, 3.63) is 47.5 Å². The Balaban J connectivity index is 2.02. The SMILES string of the molecule is Cc1cc(OCc2cnn(C)c2)ccc1F. The number of halogens is 1. The number of benzene rings is 1. The molecule has 0 aliphatic carbocycles. The Hall–Kier alpha value is -1.84. The highest BCUT2D eigenvalue weighted by atomic mass is 19.1. The van der Waals surface area contributed by atoms with Gasteiger partial charge in [0.1, 0.15) is 18.2 Å². The van der Waals surface area contributed by atoms with Gasteiger partial charge < -0.3 is 4.74 Å². The van der Waals surface area contributed by atoms with Gasteiger partial charge in [-0.3, -0.25) is 4.68 Å². The summed E-state index contributed by atoms with van der Waals surface area (Å²) in [6.45, 7) is 2.16. The van der Waals surface area contributed by atoms with Crippen molar-refractivity contribution in [3.63, 3.8) is 0 Å². The molecule has 0 unspecified atom stereocenters. The van der Waals surface area contributed by atoms with E-state index in [2.05, 4.69) is 5.10 Å². The molecule has 2 rings (SSSR count). The van der Waals surface area contributed by atoms with Crippen LogP contribution in [0.3, 0.4) is 0 Å². The molecule has 1 aromatic carbocycles. The van der Waals surface area contributed by atoms with Crippen LogP contribution in [0.15, 0.2) is 30.6 Å². The van der Waals surface area contributed by atoms with E-state index >= 15 is 0 Å². The van der Waals surface area contributed by atoms with E-state index in [4.69, 9.17) is 4.74 Å². The first-order valence-corrected chi connectivity index (χ1v) is 5.01. The molecule has 1 aromatic heterocycles. The Morgan fingerprint density at radius 2 is 2.25 bits per heavy atom. The van der Waals surface area contributed by atoms with Crippen LogP contribution >= 0.6 is 0 Å². The van der Waals surface area contributed by atoms with E-state index in [-0.39, 0.29) is 5.82 Å². The summed E-state index contributed by atoms with van der Waals surface area (Å²) < 4.78 is 20.2. The first kappa shape index (κ1) is 10.7. The average molecular weight is 220 g/mol. The largest absolute Gasteiger partial charge is 0.489 e. The second kappa shape index (κ2) is 4.35. The molecule has 0 fully saturated rings. The van der Waals surface area contributed by atoms with Crippen molar-refractivity contribution in [1.29, 1.82) is 0 Å². The maximum absolute atomic E-state index is 13.0. The van der Waals surface area contributed by atoms with E-state index in [9.17, 15) is 4.39 Å². The molecule has 0 bridgehead atoms. The normalized spacial score (nSPS) is 10.4. The van der Waals surface area contributed by atoms with Gasteiger partial charge in [-0.25, -0.2) is 4.39 Å². The molecular weight excluding hydrogens is 207 g/mol. The smallest absolute Gasteiger partial charge is 0.126 e. The van der Waals surface area contributed by atoms with Crippen LogP contribution < -0.4 is 4.74 Å². The summed E-state index contributed by atoms with van der Waals surface area (Å²) in [5, 5.41) is 4.04. The first-order chi connectivity index (χ1) is 7.65. The molecule has 4 heteroatoms. The summed E-state index contributed by atoms with van der Waals surface area (Å²) >= 11 is 0. The average Bonchev–Trinajstić information content (AvgIpc) is 2.66. The number of nitrogens with zero attached hydrogens (tertiary/aromatic N) is 2. The van der Waals surface area contributed by atoms with Crippen molar-refractivity contribution < 1.29 is 9.13 Å². The van der Waals surface area contributed by atoms with E-state index < -0.39 is 0 Å². The lowest BCUT2D eigenvalue weighted by molar-refractivity contribution is 0.305. The molecule has 0 radical (unpaired) electrons. The van der Waals surface area contributed by atoms with Crippen molar-refractivity contribution in [3.8, 4) is 5.75 Å². The van der Waals surface area contributed by atoms with E-state index in [1.807, 2.05) is 13.2 Å². The van der Waals surface area contributed by atoms with Crippen LogP contribution in [-0.4, -0.2) is 9.78 Å². The molecule has 84 valence electrons. The summed E-state index contributed by atoms with van der Waals surface area (Å²) in [7, 11) is 1.85. The lowest BCUT2D eigenvalue weighted by atomic mass is 10.2. The van der Waals surface area contributed by atoms with Crippen molar-refractivity contribution in [1.82, 2.24) is 9.78 Å². The number of aryl methyl sites for hydroxylation is 2. The Morgan fingerprint density at radius 1 is 1.44 bits per heavy atom. The summed E-state index contributed by atoms with van der Waals surface area (Å²) in [5.41, 5.74) is 1.58. The highest BCUT2D eigenvalue weighted by molar-refractivity contribution is 5.29. The van der Waals surface area contributed by atoms with Crippen LogP contribution in [0.4, 0.5) is 4.39 Å². The molecule has 3 nitrogen and oxygen atoms in total. The zero-order valence-corrected chi connectivity index (χ0v) is 9.27. The van der Waals surface area contributed by atoms with Crippen LogP contribution in [0, 0.1) is 12.7 Å². The topological polar surface area (TPSA) is 27.1 Å². The standard InChI is InChI=1S/C12H13FN2O/c1-9-5-11(3-4-12(9)13)16-8-10-6-14-15(2)7-10/h3-7H,8H2,1-2H3. The minimum atomic E-state index is -0.214. The van der Waals surface area contributed by atoms with E-state index in [0.29, 0.717) is 17.9 Å². The van der Waals surface area contributed by atoms with Crippen LogP contribution in [0.1, 0.15) is 11.1 Å². The highest BCUT2D eigenvalue weighted by Crippen LogP contribution is 2.17. The zero-order chi connectivity index (χ0) is 11.5. The van der Waals surface area contributed by atoms with Gasteiger partial charge >= 0.3 is 0 Å². The monoisotopic (exact) mass is 220 g/mol. The Kier molecular flexibility index (Phi) is 2.90. The summed E-state index contributed by atoms with van der Waals surface area (Å²) in [6, 6.07) is 4.72. The van der Waals surface area contributed by atoms with Crippen LogP contribution in [0.5, 0.6) is 5.75 Å². The molecule has 1 heterocycles. The van der Waals surface area contributed by atoms with Gasteiger partial charge in [-0.15, -0.1) is 0 Å². The molecule has 2 aromatic rings. The van der Waals surface area contributed by atoms with Crippen molar-refractivity contribution in [2.75, 3.05) is 0 Å². The van der Waals surface area contributed by atoms with Gasteiger partial charge in [-0.05, 0) is 30.7 Å². The van der Waals surface area contributed by atoms with Gasteiger partial charge in [0, 0.05) is 18.8 Å². The third-order valence-corrected chi connectivity index (χ3v) is 2.29. The highest BCUT2D eigenvalue weighted by Gasteiger charge is 2.01. The molecule has 0 saturated heterocycles. The fraction of sp³-hybridized carbons (Fsp3) is 0.250. The molecular formula is C12H13FN2O. The Labute approximate surface area is 93.5 Å². The fourth-order valence-electron chi connectivity index (χ4n) is 1.42. The van der Waals surface area contributed by atoms with Gasteiger partial charge in [0.25, 0.3) is 0 Å². The second-order valence-electron chi connectivity index (χ2n) is 3.72. The Bertz CT molecular complexity index is 494. The van der Waals surface area contributed by atoms with Crippen LogP contribution in [0.2, 0.25) is 0 Å². The van der Waals surface area contributed by atoms with E-state index in [1.54, 1.807) is 29.9 Å². The van der Waals surface area contributed by atoms with Crippen molar-refractivity contribution >= 4 is 0 Å². The number of aromatic nitrogens is 2. The zero-order valence-electron chi connectivity index (χ0n) is 9.27. The maximum atomic E-state index is 13.0. The molecule has 0 aliphatic heterocycles. The third-order valence-electron chi connectivity index (χ3n) is 2.29. The molecule has 0 spiro atoms. The minimum Gasteiger partial charge on any atom is -0.489 e. The van der Waals surface area contributed by atoms with Gasteiger partial charge in [0.15, 0.2) is 0 Å². The molecule has 0 N–H and O–H groups in total. The molecule has 16 heavy (non-hydrogen) atoms. The van der Waals surface area contributed by atoms with E-state index in [0.717, 1.165) is 5.56 Å². The predicted molar refractivity (Wildman–Crippen MR) is 58.7 cm³/mol. The lowest BCUT2D eigenvalue weighted by Crippen LogP contribution is -1.95. The summed E-state index contributed by atoms with van der Waals surface area (Å²) in [5.74, 6) is 0.455. The fourth-order valence-corrected chi connectivity index (χ4v) is 1.42. The minimum absolute atomic E-state index is 0.214. The quantitative estimate of drug-likeness (QED) is 0.794. The van der Waals surface area contributed by atoms with Gasteiger partial charge in [0.05, 0.1) is 6.20 Å². The number of hydrogen-bond donors (Lipinski definition) is 0. The maximum Gasteiger partial charge on any atom is 0.126 e. The van der Waals surface area contributed by atoms with Gasteiger partial charge in [0.2, 0.25) is 0 Å². The van der Waals surface area contributed by atoms with Crippen LogP contribution in [0.25, 0.3) is 0 Å². The van der Waals surface area contributed by atoms with Crippen LogP contribution in [-0.2, 0) is 13.7 Å². The van der Waals surface area contributed by atoms with Crippen molar-refractivity contribution in [2.24, 2.45) is 7.05 Å². The van der Waals surface area contributed by atoms with E-state index in [1.165, 1.54) is 6.07 Å². The van der Waals surface area contributed by atoms with Gasteiger partial charge in [-0.1, -0.05) is 0 Å². The second-order valence-corrected chi connectivity index (χ2v) is 3.72. The first-order valence-electron chi connectivity index (χ1n) is 5.01. The lowest BCUT2D eigenvalue weighted by Gasteiger charge is -2.05. The van der Waals surface area contributed by atoms with Crippen molar-refractivity contribution in [2.45, 2.75) is 13.5 Å². The molecule has 0 amide bonds. The molecule has 0 atom stereocenters. The number of ether oxygens (including phenoxy) is 1. The number of hydrogen-bond acceptors (Lipinski definition) is 2. The number of rotatable bonds is 3. The Morgan fingerprint density at radius 3 is 2.88 bits per heavy atom. The van der Waals surface area contributed by atoms with Gasteiger partial charge in [-0.2, -0.15) is 5.10 Å². The molecule has 0 aliphatic rings. The summed E-state index contributed by atoms with van der Waals surface area (Å²) in [6.07, 6.45) is 3.63.